The predicted molar refractivity (Wildman–Crippen MR) is 60.0 cm³/mol. The summed E-state index contributed by atoms with van der Waals surface area (Å²) < 4.78 is 5.38. The van der Waals surface area contributed by atoms with Crippen molar-refractivity contribution >= 4 is 6.09 Å². The summed E-state index contributed by atoms with van der Waals surface area (Å²) in [6.45, 7) is 6.58. The van der Waals surface area contributed by atoms with Crippen LogP contribution in [0.5, 0.6) is 0 Å². The van der Waals surface area contributed by atoms with Crippen molar-refractivity contribution in [3.05, 3.63) is 29.6 Å². The van der Waals surface area contributed by atoms with Gasteiger partial charge in [-0.05, 0) is 38.5 Å². The highest BCUT2D eigenvalue weighted by Crippen LogP contribution is 2.31. The summed E-state index contributed by atoms with van der Waals surface area (Å²) in [7, 11) is 0. The minimum Gasteiger partial charge on any atom is -0.439 e. The molecule has 0 saturated carbocycles. The fourth-order valence-corrected chi connectivity index (χ4v) is 2.11. The summed E-state index contributed by atoms with van der Waals surface area (Å²) in [5.74, 6) is 0. The van der Waals surface area contributed by atoms with Crippen molar-refractivity contribution in [3.8, 4) is 0 Å². The Labute approximate surface area is 95.2 Å². The molecular weight excluding hydrogens is 204 g/mol. The van der Waals surface area contributed by atoms with Gasteiger partial charge in [0.25, 0.3) is 0 Å². The number of pyridine rings is 1. The van der Waals surface area contributed by atoms with Crippen LogP contribution in [0.4, 0.5) is 4.79 Å². The smallest absolute Gasteiger partial charge is 0.410 e. The van der Waals surface area contributed by atoms with Gasteiger partial charge in [0.2, 0.25) is 0 Å². The van der Waals surface area contributed by atoms with Gasteiger partial charge in [-0.3, -0.25) is 4.98 Å². The Morgan fingerprint density at radius 2 is 2.31 bits per heavy atom. The molecule has 16 heavy (non-hydrogen) atoms. The van der Waals surface area contributed by atoms with E-state index in [0.29, 0.717) is 6.54 Å². The highest BCUT2D eigenvalue weighted by atomic mass is 16.6. The summed E-state index contributed by atoms with van der Waals surface area (Å²) >= 11 is 0. The van der Waals surface area contributed by atoms with Gasteiger partial charge in [-0.1, -0.05) is 0 Å². The van der Waals surface area contributed by atoms with Gasteiger partial charge in [0.1, 0.15) is 6.10 Å². The number of likely N-dealkylation sites (N-methyl/N-ethyl adjacent to an activating group) is 1. The summed E-state index contributed by atoms with van der Waals surface area (Å²) in [5, 5.41) is 0. The zero-order valence-electron chi connectivity index (χ0n) is 9.80. The molecule has 1 aromatic rings. The third-order valence-corrected chi connectivity index (χ3v) is 2.98. The molecule has 1 aliphatic rings. The van der Waals surface area contributed by atoms with E-state index in [1.165, 1.54) is 0 Å². The topological polar surface area (TPSA) is 42.4 Å². The summed E-state index contributed by atoms with van der Waals surface area (Å²) in [6.07, 6.45) is 1.35. The molecule has 0 aromatic carbocycles. The monoisotopic (exact) mass is 220 g/mol. The van der Waals surface area contributed by atoms with E-state index < -0.39 is 0 Å². The molecule has 0 bridgehead atoms. The molecule has 1 fully saturated rings. The van der Waals surface area contributed by atoms with Crippen molar-refractivity contribution in [2.24, 2.45) is 0 Å². The van der Waals surface area contributed by atoms with Crippen LogP contribution in [0.2, 0.25) is 0 Å². The molecular formula is C12H16N2O2. The van der Waals surface area contributed by atoms with E-state index in [1.54, 1.807) is 11.1 Å². The number of rotatable bonds is 2. The number of nitrogens with zero attached hydrogens (tertiary/aromatic N) is 2. The highest BCUT2D eigenvalue weighted by molar-refractivity contribution is 5.70. The van der Waals surface area contributed by atoms with Crippen LogP contribution in [0.1, 0.15) is 31.2 Å². The van der Waals surface area contributed by atoms with Gasteiger partial charge in [-0.15, -0.1) is 0 Å². The van der Waals surface area contributed by atoms with Gasteiger partial charge in [0.15, 0.2) is 0 Å². The third-order valence-electron chi connectivity index (χ3n) is 2.98. The second kappa shape index (κ2) is 4.12. The lowest BCUT2D eigenvalue weighted by atomic mass is 10.0. The van der Waals surface area contributed by atoms with Gasteiger partial charge >= 0.3 is 6.09 Å². The minimum atomic E-state index is -0.227. The number of carbonyl (C=O) groups is 1. The van der Waals surface area contributed by atoms with Gasteiger partial charge in [0, 0.05) is 18.4 Å². The average molecular weight is 220 g/mol. The summed E-state index contributed by atoms with van der Waals surface area (Å²) in [4.78, 5) is 17.4. The van der Waals surface area contributed by atoms with Gasteiger partial charge in [-0.2, -0.15) is 0 Å². The quantitative estimate of drug-likeness (QED) is 0.768. The summed E-state index contributed by atoms with van der Waals surface area (Å²) in [5.41, 5.74) is 1.96. The van der Waals surface area contributed by atoms with E-state index in [4.69, 9.17) is 4.74 Å². The van der Waals surface area contributed by atoms with Crippen LogP contribution in [0.25, 0.3) is 0 Å². The number of aryl methyl sites for hydroxylation is 1. The van der Waals surface area contributed by atoms with Crippen LogP contribution in [-0.4, -0.2) is 28.6 Å². The fraction of sp³-hybridized carbons (Fsp3) is 0.500. The Bertz CT molecular complexity index is 406. The largest absolute Gasteiger partial charge is 0.439 e. The van der Waals surface area contributed by atoms with E-state index in [-0.39, 0.29) is 18.2 Å². The molecule has 0 N–H and O–H groups in total. The molecule has 4 nitrogen and oxygen atoms in total. The molecule has 1 aromatic heterocycles. The minimum absolute atomic E-state index is 0.0827. The van der Waals surface area contributed by atoms with Crippen LogP contribution in [-0.2, 0) is 4.74 Å². The maximum atomic E-state index is 11.6. The van der Waals surface area contributed by atoms with Crippen LogP contribution < -0.4 is 0 Å². The molecule has 1 aliphatic heterocycles. The number of carbonyl (C=O) groups excluding carboxylic acids is 1. The van der Waals surface area contributed by atoms with Crippen LogP contribution in [0.3, 0.4) is 0 Å². The first kappa shape index (κ1) is 10.9. The van der Waals surface area contributed by atoms with E-state index >= 15 is 0 Å². The highest BCUT2D eigenvalue weighted by Gasteiger charge is 2.38. The first-order valence-corrected chi connectivity index (χ1v) is 5.53. The number of cyclic esters (lactones) is 1. The second-order valence-corrected chi connectivity index (χ2v) is 4.06. The zero-order valence-corrected chi connectivity index (χ0v) is 9.80. The Balaban J connectivity index is 2.27. The van der Waals surface area contributed by atoms with Crippen LogP contribution >= 0.6 is 0 Å². The van der Waals surface area contributed by atoms with Gasteiger partial charge < -0.3 is 9.64 Å². The molecule has 86 valence electrons. The SMILES string of the molecule is CCN1C(=O)O[C@H](c2ccnc(C)c2)[C@@H]1C. The average Bonchev–Trinajstić information content (AvgIpc) is 2.54. The van der Waals surface area contributed by atoms with Gasteiger partial charge in [-0.25, -0.2) is 4.79 Å². The molecule has 0 aliphatic carbocycles. The molecule has 0 unspecified atom stereocenters. The van der Waals surface area contributed by atoms with Gasteiger partial charge in [0.05, 0.1) is 6.04 Å². The zero-order chi connectivity index (χ0) is 11.7. The number of hydrogen-bond acceptors (Lipinski definition) is 3. The van der Waals surface area contributed by atoms with E-state index in [0.717, 1.165) is 11.3 Å². The van der Waals surface area contributed by atoms with Crippen molar-refractivity contribution in [1.82, 2.24) is 9.88 Å². The Kier molecular flexibility index (Phi) is 2.81. The third kappa shape index (κ3) is 1.75. The second-order valence-electron chi connectivity index (χ2n) is 4.06. The summed E-state index contributed by atoms with van der Waals surface area (Å²) in [6, 6.07) is 3.95. The normalized spacial score (nSPS) is 24.7. The Morgan fingerprint density at radius 1 is 1.56 bits per heavy atom. The lowest BCUT2D eigenvalue weighted by Crippen LogP contribution is -2.31. The van der Waals surface area contributed by atoms with Crippen LogP contribution in [0, 0.1) is 6.92 Å². The van der Waals surface area contributed by atoms with Crippen molar-refractivity contribution < 1.29 is 9.53 Å². The number of hydrogen-bond donors (Lipinski definition) is 0. The number of amides is 1. The van der Waals surface area contributed by atoms with E-state index in [9.17, 15) is 4.79 Å². The van der Waals surface area contributed by atoms with Crippen molar-refractivity contribution in [2.45, 2.75) is 32.9 Å². The predicted octanol–water partition coefficient (Wildman–Crippen LogP) is 2.29. The van der Waals surface area contributed by atoms with E-state index in [1.807, 2.05) is 32.9 Å². The van der Waals surface area contributed by atoms with Crippen molar-refractivity contribution in [1.29, 1.82) is 0 Å². The maximum absolute atomic E-state index is 11.6. The molecule has 2 atom stereocenters. The lowest BCUT2D eigenvalue weighted by Gasteiger charge is -2.19. The Hall–Kier alpha value is -1.58. The molecule has 1 saturated heterocycles. The Morgan fingerprint density at radius 3 is 2.88 bits per heavy atom. The molecule has 0 spiro atoms. The molecule has 2 rings (SSSR count). The van der Waals surface area contributed by atoms with Crippen molar-refractivity contribution in [3.63, 3.8) is 0 Å². The first-order valence-electron chi connectivity index (χ1n) is 5.53. The molecule has 2 heterocycles. The molecule has 1 amide bonds. The molecule has 0 radical (unpaired) electrons. The van der Waals surface area contributed by atoms with Crippen LogP contribution in [0.15, 0.2) is 18.3 Å². The molecule has 4 heteroatoms. The number of ether oxygens (including phenoxy) is 1. The van der Waals surface area contributed by atoms with E-state index in [2.05, 4.69) is 4.98 Å². The first-order chi connectivity index (χ1) is 7.63. The fourth-order valence-electron chi connectivity index (χ4n) is 2.11. The standard InChI is InChI=1S/C12H16N2O2/c1-4-14-9(3)11(16-12(14)15)10-5-6-13-8(2)7-10/h5-7,9,11H,4H2,1-3H3/t9-,11-/m0/s1. The lowest BCUT2D eigenvalue weighted by molar-refractivity contribution is 0.130. The maximum Gasteiger partial charge on any atom is 0.410 e. The van der Waals surface area contributed by atoms with Crippen molar-refractivity contribution in [2.75, 3.05) is 6.54 Å². The number of aromatic nitrogens is 1.